The van der Waals surface area contributed by atoms with Crippen molar-refractivity contribution in [3.05, 3.63) is 0 Å². The monoisotopic (exact) mass is 222 g/mol. The number of hydrogen-bond donors (Lipinski definition) is 1. The van der Waals surface area contributed by atoms with Crippen LogP contribution in [0.5, 0.6) is 0 Å². The number of hydrogen-bond acceptors (Lipinski definition) is 1. The van der Waals surface area contributed by atoms with E-state index in [1.54, 1.807) is 0 Å². The molecule has 2 heteroatoms. The standard InChI is InChI=1S/C14H26N2/c1-3-15-11-16-14-7-4-5-13(10-14)9-12(2)6-8-14/h11-13H,3-10H2,1-2H3,(H,15,16). The molecule has 0 radical (unpaired) electrons. The minimum atomic E-state index is 0.395. The van der Waals surface area contributed by atoms with Crippen molar-refractivity contribution >= 4 is 6.34 Å². The quantitative estimate of drug-likeness (QED) is 0.574. The first kappa shape index (κ1) is 11.9. The normalized spacial score (nSPS) is 39.6. The summed E-state index contributed by atoms with van der Waals surface area (Å²) in [4.78, 5) is 4.32. The summed E-state index contributed by atoms with van der Waals surface area (Å²) in [5.74, 6) is 1.89. The summed E-state index contributed by atoms with van der Waals surface area (Å²) in [6, 6.07) is 0. The molecule has 0 amide bonds. The van der Waals surface area contributed by atoms with Gasteiger partial charge in [0, 0.05) is 12.1 Å². The fourth-order valence-electron chi connectivity index (χ4n) is 3.60. The van der Waals surface area contributed by atoms with Gasteiger partial charge >= 0.3 is 0 Å². The maximum Gasteiger partial charge on any atom is 0.0827 e. The summed E-state index contributed by atoms with van der Waals surface area (Å²) >= 11 is 0. The van der Waals surface area contributed by atoms with Crippen LogP contribution in [0.25, 0.3) is 0 Å². The molecule has 0 saturated heterocycles. The van der Waals surface area contributed by atoms with Gasteiger partial charge < -0.3 is 5.32 Å². The molecule has 3 atom stereocenters. The molecule has 16 heavy (non-hydrogen) atoms. The van der Waals surface area contributed by atoms with Gasteiger partial charge in [0.25, 0.3) is 0 Å². The van der Waals surface area contributed by atoms with Crippen LogP contribution in [0, 0.1) is 11.8 Å². The van der Waals surface area contributed by atoms with Crippen molar-refractivity contribution in [3.63, 3.8) is 0 Å². The SMILES string of the molecule is CCN=CNC12CCCC(CC(C)CC1)C2. The predicted octanol–water partition coefficient (Wildman–Crippen LogP) is 3.37. The Kier molecular flexibility index (Phi) is 3.88. The summed E-state index contributed by atoms with van der Waals surface area (Å²) in [6.07, 6.45) is 11.8. The zero-order chi connectivity index (χ0) is 11.4. The molecule has 0 aromatic rings. The highest BCUT2D eigenvalue weighted by Gasteiger charge is 2.38. The summed E-state index contributed by atoms with van der Waals surface area (Å²) in [7, 11) is 0. The molecule has 2 aliphatic carbocycles. The smallest absolute Gasteiger partial charge is 0.0827 e. The Balaban J connectivity index is 2.02. The van der Waals surface area contributed by atoms with E-state index in [9.17, 15) is 0 Å². The third-order valence-electron chi connectivity index (χ3n) is 4.44. The summed E-state index contributed by atoms with van der Waals surface area (Å²) < 4.78 is 0. The van der Waals surface area contributed by atoms with Crippen molar-refractivity contribution in [1.82, 2.24) is 5.32 Å². The van der Waals surface area contributed by atoms with Crippen LogP contribution in [0.2, 0.25) is 0 Å². The van der Waals surface area contributed by atoms with Gasteiger partial charge in [0.2, 0.25) is 0 Å². The van der Waals surface area contributed by atoms with Gasteiger partial charge in [0.15, 0.2) is 0 Å². The Morgan fingerprint density at radius 1 is 1.38 bits per heavy atom. The summed E-state index contributed by atoms with van der Waals surface area (Å²) in [5, 5.41) is 3.64. The van der Waals surface area contributed by atoms with Gasteiger partial charge in [-0.1, -0.05) is 19.8 Å². The molecule has 2 fully saturated rings. The van der Waals surface area contributed by atoms with E-state index < -0.39 is 0 Å². The minimum Gasteiger partial charge on any atom is -0.371 e. The van der Waals surface area contributed by atoms with Gasteiger partial charge in [0.05, 0.1) is 6.34 Å². The van der Waals surface area contributed by atoms with Crippen molar-refractivity contribution in [2.24, 2.45) is 16.8 Å². The third kappa shape index (κ3) is 2.78. The van der Waals surface area contributed by atoms with E-state index in [1.165, 1.54) is 44.9 Å². The molecule has 0 aromatic heterocycles. The largest absolute Gasteiger partial charge is 0.371 e. The predicted molar refractivity (Wildman–Crippen MR) is 69.9 cm³/mol. The molecular weight excluding hydrogens is 196 g/mol. The van der Waals surface area contributed by atoms with E-state index in [2.05, 4.69) is 24.2 Å². The highest BCUT2D eigenvalue weighted by molar-refractivity contribution is 5.55. The zero-order valence-electron chi connectivity index (χ0n) is 10.8. The van der Waals surface area contributed by atoms with Crippen molar-refractivity contribution in [3.8, 4) is 0 Å². The van der Waals surface area contributed by atoms with Crippen molar-refractivity contribution in [1.29, 1.82) is 0 Å². The first-order valence-electron chi connectivity index (χ1n) is 7.00. The van der Waals surface area contributed by atoms with Crippen molar-refractivity contribution in [2.45, 2.75) is 64.3 Å². The molecule has 0 aromatic carbocycles. The Labute approximate surface area is 99.9 Å². The van der Waals surface area contributed by atoms with E-state index in [0.29, 0.717) is 5.54 Å². The van der Waals surface area contributed by atoms with Gasteiger partial charge in [-0.3, -0.25) is 4.99 Å². The van der Waals surface area contributed by atoms with Crippen molar-refractivity contribution in [2.75, 3.05) is 6.54 Å². The van der Waals surface area contributed by atoms with E-state index in [-0.39, 0.29) is 0 Å². The molecule has 2 saturated carbocycles. The van der Waals surface area contributed by atoms with Gasteiger partial charge in [-0.25, -0.2) is 0 Å². The van der Waals surface area contributed by atoms with E-state index in [0.717, 1.165) is 18.4 Å². The van der Waals surface area contributed by atoms with Gasteiger partial charge in [-0.15, -0.1) is 0 Å². The second kappa shape index (κ2) is 5.20. The molecular formula is C14H26N2. The first-order valence-corrected chi connectivity index (χ1v) is 7.00. The second-order valence-corrected chi connectivity index (χ2v) is 5.89. The number of aliphatic imine (C=N–C) groups is 1. The third-order valence-corrected chi connectivity index (χ3v) is 4.44. The lowest BCUT2D eigenvalue weighted by Gasteiger charge is -2.39. The Bertz CT molecular complexity index is 249. The van der Waals surface area contributed by atoms with Crippen LogP contribution < -0.4 is 5.32 Å². The van der Waals surface area contributed by atoms with Crippen LogP contribution in [-0.2, 0) is 0 Å². The van der Waals surface area contributed by atoms with Crippen LogP contribution in [0.3, 0.4) is 0 Å². The lowest BCUT2D eigenvalue weighted by molar-refractivity contribution is 0.205. The Hall–Kier alpha value is -0.530. The number of nitrogens with one attached hydrogen (secondary N) is 1. The average Bonchev–Trinajstić information content (AvgIpc) is 2.37. The highest BCUT2D eigenvalue weighted by Crippen LogP contribution is 2.42. The molecule has 2 aliphatic rings. The summed E-state index contributed by atoms with van der Waals surface area (Å²) in [6.45, 7) is 5.41. The minimum absolute atomic E-state index is 0.395. The van der Waals surface area contributed by atoms with Gasteiger partial charge in [-0.2, -0.15) is 0 Å². The number of nitrogens with zero attached hydrogens (tertiary/aromatic N) is 1. The zero-order valence-corrected chi connectivity index (χ0v) is 10.8. The molecule has 0 spiro atoms. The van der Waals surface area contributed by atoms with Gasteiger partial charge in [0.1, 0.15) is 0 Å². The average molecular weight is 222 g/mol. The molecule has 0 heterocycles. The van der Waals surface area contributed by atoms with Crippen LogP contribution in [0.1, 0.15) is 58.8 Å². The Morgan fingerprint density at radius 2 is 2.25 bits per heavy atom. The number of rotatable bonds is 3. The fraction of sp³-hybridized carbons (Fsp3) is 0.929. The van der Waals surface area contributed by atoms with Crippen LogP contribution in [0.4, 0.5) is 0 Å². The van der Waals surface area contributed by atoms with E-state index in [1.807, 2.05) is 6.34 Å². The van der Waals surface area contributed by atoms with Crippen LogP contribution >= 0.6 is 0 Å². The maximum absolute atomic E-state index is 4.32. The second-order valence-electron chi connectivity index (χ2n) is 5.89. The van der Waals surface area contributed by atoms with Gasteiger partial charge in [-0.05, 0) is 50.9 Å². The molecule has 2 nitrogen and oxygen atoms in total. The lowest BCUT2D eigenvalue weighted by atomic mass is 9.75. The first-order chi connectivity index (χ1) is 7.74. The molecule has 0 aliphatic heterocycles. The maximum atomic E-state index is 4.32. The topological polar surface area (TPSA) is 24.4 Å². The molecule has 92 valence electrons. The van der Waals surface area contributed by atoms with E-state index in [4.69, 9.17) is 0 Å². The molecule has 3 unspecified atom stereocenters. The summed E-state index contributed by atoms with van der Waals surface area (Å²) in [5.41, 5.74) is 0.395. The highest BCUT2D eigenvalue weighted by atomic mass is 15.0. The van der Waals surface area contributed by atoms with Crippen LogP contribution in [-0.4, -0.2) is 18.4 Å². The lowest BCUT2D eigenvalue weighted by Crippen LogP contribution is -2.47. The molecule has 1 N–H and O–H groups in total. The molecule has 2 bridgehead atoms. The fourth-order valence-corrected chi connectivity index (χ4v) is 3.60. The Morgan fingerprint density at radius 3 is 3.06 bits per heavy atom. The number of fused-ring (bicyclic) bond motifs is 2. The van der Waals surface area contributed by atoms with Crippen molar-refractivity contribution < 1.29 is 0 Å². The van der Waals surface area contributed by atoms with Crippen LogP contribution in [0.15, 0.2) is 4.99 Å². The molecule has 2 rings (SSSR count). The van der Waals surface area contributed by atoms with E-state index >= 15 is 0 Å².